The second kappa shape index (κ2) is 6.37. The molecule has 0 amide bonds. The fraction of sp³-hybridized carbons (Fsp3) is 0.706. The van der Waals surface area contributed by atoms with Crippen LogP contribution in [-0.4, -0.2) is 45.6 Å². The summed E-state index contributed by atoms with van der Waals surface area (Å²) in [6.45, 7) is 6.03. The van der Waals surface area contributed by atoms with Crippen molar-refractivity contribution in [3.63, 3.8) is 0 Å². The van der Waals surface area contributed by atoms with Gasteiger partial charge in [-0.05, 0) is 45.4 Å². The van der Waals surface area contributed by atoms with Crippen LogP contribution in [0.2, 0.25) is 0 Å². The third-order valence-corrected chi connectivity index (χ3v) is 5.65. The maximum atomic E-state index is 13.2. The fourth-order valence-corrected chi connectivity index (χ4v) is 4.05. The Hall–Kier alpha value is -1.90. The van der Waals surface area contributed by atoms with Crippen LogP contribution in [0.3, 0.4) is 0 Å². The van der Waals surface area contributed by atoms with Gasteiger partial charge in [-0.15, -0.1) is 15.3 Å². The van der Waals surface area contributed by atoms with E-state index in [1.54, 1.807) is 6.92 Å². The Morgan fingerprint density at radius 1 is 1.04 bits per heavy atom. The van der Waals surface area contributed by atoms with Crippen LogP contribution in [0.25, 0.3) is 5.65 Å². The Balaban J connectivity index is 1.63. The summed E-state index contributed by atoms with van der Waals surface area (Å²) in [5, 5.41) is 11.3. The number of piperidine rings is 1. The summed E-state index contributed by atoms with van der Waals surface area (Å²) in [5.74, 6) is 0.0386. The van der Waals surface area contributed by atoms with Gasteiger partial charge in [0.25, 0.3) is 5.82 Å². The van der Waals surface area contributed by atoms with Crippen LogP contribution in [0.4, 0.5) is 19.0 Å². The number of aryl methyl sites for hydroxylation is 1. The lowest BCUT2D eigenvalue weighted by atomic mass is 9.89. The van der Waals surface area contributed by atoms with Gasteiger partial charge in [-0.3, -0.25) is 0 Å². The number of ether oxygens (including phenoxy) is 1. The molecule has 2 aliphatic heterocycles. The molecule has 26 heavy (non-hydrogen) atoms. The molecular formula is C17H22F3N5O. The summed E-state index contributed by atoms with van der Waals surface area (Å²) in [4.78, 5) is 2.08. The Kier molecular flexibility index (Phi) is 4.29. The molecule has 9 heteroatoms. The topological polar surface area (TPSA) is 55.5 Å². The second-order valence-corrected chi connectivity index (χ2v) is 7.21. The highest BCUT2D eigenvalue weighted by molar-refractivity contribution is 5.59. The minimum absolute atomic E-state index is 0.160. The number of hydrogen-bond donors (Lipinski definition) is 0. The van der Waals surface area contributed by atoms with E-state index in [4.69, 9.17) is 4.74 Å². The first kappa shape index (κ1) is 17.5. The van der Waals surface area contributed by atoms with Crippen molar-refractivity contribution in [1.29, 1.82) is 0 Å². The molecule has 2 aliphatic rings. The molecule has 0 radical (unpaired) electrons. The molecule has 142 valence electrons. The average Bonchev–Trinajstić information content (AvgIpc) is 3.27. The molecule has 0 saturated carbocycles. The largest absolute Gasteiger partial charge is 0.453 e. The van der Waals surface area contributed by atoms with E-state index in [0.29, 0.717) is 23.4 Å². The van der Waals surface area contributed by atoms with Gasteiger partial charge in [-0.1, -0.05) is 0 Å². The molecule has 0 spiro atoms. The van der Waals surface area contributed by atoms with E-state index >= 15 is 0 Å². The Bertz CT molecular complexity index is 805. The lowest BCUT2D eigenvalue weighted by Gasteiger charge is -2.35. The van der Waals surface area contributed by atoms with Crippen LogP contribution in [0.5, 0.6) is 0 Å². The normalized spacial score (nSPS) is 22.5. The molecule has 0 aliphatic carbocycles. The number of nitrogens with zero attached hydrogens (tertiary/aromatic N) is 5. The van der Waals surface area contributed by atoms with Gasteiger partial charge in [0.1, 0.15) is 0 Å². The molecule has 2 aromatic heterocycles. The molecule has 4 rings (SSSR count). The number of rotatable bonds is 2. The van der Waals surface area contributed by atoms with Crippen molar-refractivity contribution in [2.75, 3.05) is 24.6 Å². The average molecular weight is 369 g/mol. The molecular weight excluding hydrogens is 347 g/mol. The van der Waals surface area contributed by atoms with Gasteiger partial charge >= 0.3 is 6.18 Å². The van der Waals surface area contributed by atoms with E-state index in [2.05, 4.69) is 20.2 Å². The maximum Gasteiger partial charge on any atom is 0.453 e. The van der Waals surface area contributed by atoms with Gasteiger partial charge in [0.2, 0.25) is 0 Å². The standard InChI is InChI=1S/C17H22F3N5O/c1-10-11(2)15(23-25-14(10)21-22-16(25)17(18,19)20)24-7-5-12(6-8-24)13-4-3-9-26-13/h12-13H,3-9H2,1-2H3. The lowest BCUT2D eigenvalue weighted by Crippen LogP contribution is -2.38. The SMILES string of the molecule is Cc1c(N2CCC(C3CCCO3)CC2)nn2c(C(F)(F)F)nnc2c1C. The van der Waals surface area contributed by atoms with Crippen molar-refractivity contribution in [3.05, 3.63) is 17.0 Å². The Labute approximate surface area is 149 Å². The van der Waals surface area contributed by atoms with Crippen molar-refractivity contribution in [2.45, 2.75) is 51.8 Å². The first-order chi connectivity index (χ1) is 12.4. The smallest absolute Gasteiger partial charge is 0.378 e. The molecule has 1 unspecified atom stereocenters. The monoisotopic (exact) mass is 369 g/mol. The zero-order valence-electron chi connectivity index (χ0n) is 14.9. The summed E-state index contributed by atoms with van der Waals surface area (Å²) < 4.78 is 46.2. The summed E-state index contributed by atoms with van der Waals surface area (Å²) in [7, 11) is 0. The highest BCUT2D eigenvalue weighted by atomic mass is 19.4. The zero-order valence-corrected chi connectivity index (χ0v) is 14.9. The van der Waals surface area contributed by atoms with Crippen molar-refractivity contribution >= 4 is 11.5 Å². The Morgan fingerprint density at radius 2 is 1.77 bits per heavy atom. The number of hydrogen-bond acceptors (Lipinski definition) is 5. The molecule has 6 nitrogen and oxygen atoms in total. The van der Waals surface area contributed by atoms with Gasteiger partial charge in [-0.2, -0.15) is 17.7 Å². The minimum Gasteiger partial charge on any atom is -0.378 e. The van der Waals surface area contributed by atoms with Crippen LogP contribution >= 0.6 is 0 Å². The molecule has 0 aromatic carbocycles. The van der Waals surface area contributed by atoms with E-state index < -0.39 is 12.0 Å². The highest BCUT2D eigenvalue weighted by Crippen LogP contribution is 2.34. The van der Waals surface area contributed by atoms with E-state index in [9.17, 15) is 13.2 Å². The van der Waals surface area contributed by atoms with Crippen LogP contribution in [0.15, 0.2) is 0 Å². The number of anilines is 1. The van der Waals surface area contributed by atoms with Crippen molar-refractivity contribution < 1.29 is 17.9 Å². The number of fused-ring (bicyclic) bond motifs is 1. The van der Waals surface area contributed by atoms with Crippen LogP contribution in [0.1, 0.15) is 42.6 Å². The Morgan fingerprint density at radius 3 is 2.38 bits per heavy atom. The number of halogens is 3. The van der Waals surface area contributed by atoms with Crippen LogP contribution < -0.4 is 4.90 Å². The molecule has 2 fully saturated rings. The molecule has 0 N–H and O–H groups in total. The third kappa shape index (κ3) is 2.91. The quantitative estimate of drug-likeness (QED) is 0.814. The van der Waals surface area contributed by atoms with Crippen LogP contribution in [0, 0.1) is 19.8 Å². The maximum absolute atomic E-state index is 13.2. The van der Waals surface area contributed by atoms with Gasteiger partial charge < -0.3 is 9.64 Å². The molecule has 4 heterocycles. The third-order valence-electron chi connectivity index (χ3n) is 5.65. The number of alkyl halides is 3. The van der Waals surface area contributed by atoms with Crippen molar-refractivity contribution in [3.8, 4) is 0 Å². The summed E-state index contributed by atoms with van der Waals surface area (Å²) in [5.41, 5.74) is 1.70. The van der Waals surface area contributed by atoms with Gasteiger partial charge in [-0.25, -0.2) is 0 Å². The predicted molar refractivity (Wildman–Crippen MR) is 89.2 cm³/mol. The van der Waals surface area contributed by atoms with E-state index in [0.717, 1.165) is 55.5 Å². The lowest BCUT2D eigenvalue weighted by molar-refractivity contribution is -0.146. The van der Waals surface area contributed by atoms with Gasteiger partial charge in [0.15, 0.2) is 11.5 Å². The first-order valence-electron chi connectivity index (χ1n) is 9.02. The van der Waals surface area contributed by atoms with E-state index in [-0.39, 0.29) is 5.65 Å². The molecule has 1 atom stereocenters. The van der Waals surface area contributed by atoms with E-state index in [1.165, 1.54) is 0 Å². The summed E-state index contributed by atoms with van der Waals surface area (Å²) >= 11 is 0. The molecule has 2 saturated heterocycles. The summed E-state index contributed by atoms with van der Waals surface area (Å²) in [6, 6.07) is 0. The minimum atomic E-state index is -4.59. The van der Waals surface area contributed by atoms with Gasteiger partial charge in [0.05, 0.1) is 6.10 Å². The van der Waals surface area contributed by atoms with Gasteiger partial charge in [0, 0.05) is 30.8 Å². The van der Waals surface area contributed by atoms with Crippen molar-refractivity contribution in [1.82, 2.24) is 19.8 Å². The highest BCUT2D eigenvalue weighted by Gasteiger charge is 2.38. The predicted octanol–water partition coefficient (Wildman–Crippen LogP) is 3.16. The van der Waals surface area contributed by atoms with E-state index in [1.807, 2.05) is 6.92 Å². The zero-order chi connectivity index (χ0) is 18.5. The molecule has 0 bridgehead atoms. The van der Waals surface area contributed by atoms with Crippen molar-refractivity contribution in [2.24, 2.45) is 5.92 Å². The fourth-order valence-electron chi connectivity index (χ4n) is 4.05. The first-order valence-corrected chi connectivity index (χ1v) is 9.02. The van der Waals surface area contributed by atoms with Crippen LogP contribution in [-0.2, 0) is 10.9 Å². The molecule has 2 aromatic rings. The number of aromatic nitrogens is 4. The second-order valence-electron chi connectivity index (χ2n) is 7.21. The summed E-state index contributed by atoms with van der Waals surface area (Å²) in [6.07, 6.45) is -0.0742.